The highest BCUT2D eigenvalue weighted by Crippen LogP contribution is 2.28. The van der Waals surface area contributed by atoms with Gasteiger partial charge in [0.05, 0.1) is 15.9 Å². The molecule has 3 aromatic carbocycles. The van der Waals surface area contributed by atoms with Crippen molar-refractivity contribution in [2.45, 2.75) is 4.90 Å². The number of benzene rings is 3. The first-order valence-electron chi connectivity index (χ1n) is 8.50. The van der Waals surface area contributed by atoms with Gasteiger partial charge in [0, 0.05) is 10.7 Å². The van der Waals surface area contributed by atoms with Crippen molar-refractivity contribution in [2.24, 2.45) is 0 Å². The number of rotatable bonds is 5. The quantitative estimate of drug-likeness (QED) is 0.502. The van der Waals surface area contributed by atoms with Crippen molar-refractivity contribution >= 4 is 50.0 Å². The molecule has 4 aromatic rings. The van der Waals surface area contributed by atoms with E-state index in [1.807, 2.05) is 0 Å². The normalized spacial score (nSPS) is 11.3. The molecule has 7 nitrogen and oxygen atoms in total. The largest absolute Gasteiger partial charge is 0.872 e. The summed E-state index contributed by atoms with van der Waals surface area (Å²) in [6.45, 7) is 0. The molecular formula is C20H14ClN4O3S-. The van der Waals surface area contributed by atoms with Crippen LogP contribution in [0.1, 0.15) is 0 Å². The van der Waals surface area contributed by atoms with Crippen LogP contribution < -0.4 is 15.1 Å². The number of aromatic nitrogens is 2. The van der Waals surface area contributed by atoms with Crippen LogP contribution in [0.4, 0.5) is 17.3 Å². The van der Waals surface area contributed by atoms with Crippen molar-refractivity contribution in [3.8, 4) is 5.75 Å². The third-order valence-corrected chi connectivity index (χ3v) is 5.63. The number of nitrogens with one attached hydrogen (secondary N) is 2. The summed E-state index contributed by atoms with van der Waals surface area (Å²) >= 11 is 5.84. The second kappa shape index (κ2) is 7.57. The Labute approximate surface area is 172 Å². The molecule has 0 aliphatic rings. The maximum absolute atomic E-state index is 12.8. The van der Waals surface area contributed by atoms with Crippen LogP contribution >= 0.6 is 11.6 Å². The molecule has 0 amide bonds. The van der Waals surface area contributed by atoms with Crippen LogP contribution in [0.2, 0.25) is 5.02 Å². The molecule has 0 aliphatic heterocycles. The lowest BCUT2D eigenvalue weighted by molar-refractivity contribution is -0.268. The Kier molecular flexibility index (Phi) is 4.96. The zero-order chi connectivity index (χ0) is 20.4. The number of nitrogens with zero attached hydrogens (tertiary/aromatic N) is 2. The third kappa shape index (κ3) is 4.23. The van der Waals surface area contributed by atoms with E-state index in [1.54, 1.807) is 36.4 Å². The predicted octanol–water partition coefficient (Wildman–Crippen LogP) is 3.90. The van der Waals surface area contributed by atoms with Gasteiger partial charge in [-0.2, -0.15) is 0 Å². The molecular weight excluding hydrogens is 412 g/mol. The fourth-order valence-electron chi connectivity index (χ4n) is 2.67. The van der Waals surface area contributed by atoms with Crippen LogP contribution in [0.5, 0.6) is 5.75 Å². The number of anilines is 3. The fraction of sp³-hybridized carbons (Fsp3) is 0. The van der Waals surface area contributed by atoms with E-state index in [0.29, 0.717) is 21.7 Å². The van der Waals surface area contributed by atoms with Crippen molar-refractivity contribution in [1.82, 2.24) is 9.97 Å². The summed E-state index contributed by atoms with van der Waals surface area (Å²) in [5.41, 5.74) is 1.56. The molecule has 0 aliphatic carbocycles. The van der Waals surface area contributed by atoms with Crippen molar-refractivity contribution in [3.63, 3.8) is 0 Å². The first kappa shape index (κ1) is 19.0. The molecule has 29 heavy (non-hydrogen) atoms. The predicted molar refractivity (Wildman–Crippen MR) is 111 cm³/mol. The average Bonchev–Trinajstić information content (AvgIpc) is 2.68. The molecule has 0 spiro atoms. The topological polar surface area (TPSA) is 107 Å². The second-order valence-electron chi connectivity index (χ2n) is 6.12. The Morgan fingerprint density at radius 2 is 1.48 bits per heavy atom. The fourth-order valence-corrected chi connectivity index (χ4v) is 3.80. The number of halogens is 1. The lowest BCUT2D eigenvalue weighted by atomic mass is 10.3. The van der Waals surface area contributed by atoms with Crippen molar-refractivity contribution in [2.75, 3.05) is 10.0 Å². The van der Waals surface area contributed by atoms with E-state index in [-0.39, 0.29) is 22.3 Å². The molecule has 0 unspecified atom stereocenters. The molecule has 1 heterocycles. The van der Waals surface area contributed by atoms with Gasteiger partial charge in [-0.05, 0) is 48.5 Å². The Hall–Kier alpha value is -3.36. The molecule has 0 fully saturated rings. The van der Waals surface area contributed by atoms with Gasteiger partial charge in [-0.1, -0.05) is 35.9 Å². The summed E-state index contributed by atoms with van der Waals surface area (Å²) in [6, 6.07) is 18.9. The smallest absolute Gasteiger partial charge is 0.263 e. The molecule has 0 saturated heterocycles. The van der Waals surface area contributed by atoms with Gasteiger partial charge in [0.25, 0.3) is 10.0 Å². The molecule has 146 valence electrons. The van der Waals surface area contributed by atoms with Gasteiger partial charge in [0.2, 0.25) is 0 Å². The highest BCUT2D eigenvalue weighted by atomic mass is 35.5. The summed E-state index contributed by atoms with van der Waals surface area (Å²) in [5.74, 6) is -0.00571. The second-order valence-corrected chi connectivity index (χ2v) is 8.24. The number of hydrogen-bond donors (Lipinski definition) is 2. The SMILES string of the molecule is O=S(=O)(Nc1nc2ccccc2nc1Nc1cccc([O-])c1)c1ccc(Cl)cc1. The van der Waals surface area contributed by atoms with E-state index >= 15 is 0 Å². The van der Waals surface area contributed by atoms with Crippen LogP contribution in [-0.2, 0) is 10.0 Å². The van der Waals surface area contributed by atoms with E-state index in [9.17, 15) is 13.5 Å². The summed E-state index contributed by atoms with van der Waals surface area (Å²) < 4.78 is 28.1. The van der Waals surface area contributed by atoms with Crippen molar-refractivity contribution < 1.29 is 13.5 Å². The van der Waals surface area contributed by atoms with Gasteiger partial charge in [0.15, 0.2) is 11.6 Å². The lowest BCUT2D eigenvalue weighted by Gasteiger charge is -2.15. The first-order valence-corrected chi connectivity index (χ1v) is 10.4. The Bertz CT molecular complexity index is 1290. The highest BCUT2D eigenvalue weighted by molar-refractivity contribution is 7.92. The first-order chi connectivity index (χ1) is 13.9. The Balaban J connectivity index is 1.78. The maximum atomic E-state index is 12.8. The molecule has 0 radical (unpaired) electrons. The van der Waals surface area contributed by atoms with E-state index in [1.165, 1.54) is 36.4 Å². The van der Waals surface area contributed by atoms with E-state index < -0.39 is 10.0 Å². The lowest BCUT2D eigenvalue weighted by Crippen LogP contribution is -2.16. The number of sulfonamides is 1. The summed E-state index contributed by atoms with van der Waals surface area (Å²) in [5, 5.41) is 15.0. The minimum Gasteiger partial charge on any atom is -0.872 e. The van der Waals surface area contributed by atoms with Crippen molar-refractivity contribution in [1.29, 1.82) is 0 Å². The van der Waals surface area contributed by atoms with Gasteiger partial charge in [-0.25, -0.2) is 18.4 Å². The zero-order valence-corrected chi connectivity index (χ0v) is 16.4. The van der Waals surface area contributed by atoms with Gasteiger partial charge in [0.1, 0.15) is 0 Å². The average molecular weight is 426 g/mol. The molecule has 1 aromatic heterocycles. The Morgan fingerprint density at radius 1 is 0.828 bits per heavy atom. The van der Waals surface area contributed by atoms with E-state index in [4.69, 9.17) is 11.6 Å². The molecule has 0 saturated carbocycles. The molecule has 0 bridgehead atoms. The zero-order valence-electron chi connectivity index (χ0n) is 14.8. The number of para-hydroxylation sites is 2. The van der Waals surface area contributed by atoms with Crippen LogP contribution in [0.15, 0.2) is 77.7 Å². The number of hydrogen-bond acceptors (Lipinski definition) is 6. The van der Waals surface area contributed by atoms with Gasteiger partial charge in [-0.15, -0.1) is 5.75 Å². The molecule has 0 atom stereocenters. The summed E-state index contributed by atoms with van der Waals surface area (Å²) in [6.07, 6.45) is 0. The van der Waals surface area contributed by atoms with Crippen LogP contribution in [-0.4, -0.2) is 18.4 Å². The maximum Gasteiger partial charge on any atom is 0.263 e. The Morgan fingerprint density at radius 3 is 2.14 bits per heavy atom. The van der Waals surface area contributed by atoms with Gasteiger partial charge >= 0.3 is 0 Å². The van der Waals surface area contributed by atoms with Crippen LogP contribution in [0.25, 0.3) is 11.0 Å². The van der Waals surface area contributed by atoms with E-state index in [2.05, 4.69) is 20.0 Å². The monoisotopic (exact) mass is 425 g/mol. The van der Waals surface area contributed by atoms with Gasteiger partial charge in [-0.3, -0.25) is 4.72 Å². The highest BCUT2D eigenvalue weighted by Gasteiger charge is 2.19. The van der Waals surface area contributed by atoms with Crippen molar-refractivity contribution in [3.05, 3.63) is 77.8 Å². The summed E-state index contributed by atoms with van der Waals surface area (Å²) in [4.78, 5) is 8.90. The summed E-state index contributed by atoms with van der Waals surface area (Å²) in [7, 11) is -3.93. The molecule has 2 N–H and O–H groups in total. The standard InChI is InChI=1S/C20H15ClN4O3S/c21-13-8-10-16(11-9-13)29(27,28)25-20-19(22-14-4-3-5-15(26)12-14)23-17-6-1-2-7-18(17)24-20/h1-12,26H,(H,22,23)(H,24,25)/p-1. The minimum absolute atomic E-state index is 0.00921. The van der Waals surface area contributed by atoms with Crippen LogP contribution in [0.3, 0.4) is 0 Å². The third-order valence-electron chi connectivity index (χ3n) is 4.02. The van der Waals surface area contributed by atoms with Crippen LogP contribution in [0, 0.1) is 0 Å². The number of fused-ring (bicyclic) bond motifs is 1. The van der Waals surface area contributed by atoms with E-state index in [0.717, 1.165) is 0 Å². The minimum atomic E-state index is -3.93. The van der Waals surface area contributed by atoms with Gasteiger partial charge < -0.3 is 10.4 Å². The molecule has 4 rings (SSSR count). The molecule has 9 heteroatoms.